The monoisotopic (exact) mass is 336 g/mol. The molecule has 0 bridgehead atoms. The van der Waals surface area contributed by atoms with Crippen LogP contribution in [0.4, 0.5) is 0 Å². The van der Waals surface area contributed by atoms with Gasteiger partial charge in [0.05, 0.1) is 13.2 Å². The van der Waals surface area contributed by atoms with Crippen LogP contribution in [0.1, 0.15) is 17.4 Å². The van der Waals surface area contributed by atoms with Gasteiger partial charge >= 0.3 is 0 Å². The van der Waals surface area contributed by atoms with Gasteiger partial charge in [-0.2, -0.15) is 0 Å². The van der Waals surface area contributed by atoms with E-state index in [1.165, 1.54) is 5.56 Å². The summed E-state index contributed by atoms with van der Waals surface area (Å²) in [7, 11) is 3.77. The van der Waals surface area contributed by atoms with E-state index in [1.54, 1.807) is 7.11 Å². The summed E-state index contributed by atoms with van der Waals surface area (Å²) in [6.07, 6.45) is 4.95. The van der Waals surface area contributed by atoms with Gasteiger partial charge in [-0.3, -0.25) is 4.90 Å². The number of imidazole rings is 1. The lowest BCUT2D eigenvalue weighted by Crippen LogP contribution is -2.47. The second-order valence-corrected chi connectivity index (χ2v) is 5.75. The molecule has 1 fully saturated rings. The van der Waals surface area contributed by atoms with Crippen LogP contribution in [0.5, 0.6) is 5.75 Å². The average molecular weight is 337 g/mol. The van der Waals surface area contributed by atoms with Gasteiger partial charge in [-0.15, -0.1) is 12.4 Å². The highest BCUT2D eigenvalue weighted by Gasteiger charge is 2.26. The van der Waals surface area contributed by atoms with E-state index in [1.807, 2.05) is 24.5 Å². The number of nitrogens with one attached hydrogen (secondary N) is 1. The molecule has 0 aliphatic carbocycles. The molecule has 1 atom stereocenters. The molecule has 1 aliphatic rings. The summed E-state index contributed by atoms with van der Waals surface area (Å²) in [6.45, 7) is 4.12. The fourth-order valence-electron chi connectivity index (χ4n) is 3.03. The van der Waals surface area contributed by atoms with Gasteiger partial charge < -0.3 is 14.6 Å². The lowest BCUT2D eigenvalue weighted by molar-refractivity contribution is 0.155. The number of ether oxygens (including phenoxy) is 1. The summed E-state index contributed by atoms with van der Waals surface area (Å²) in [5, 5.41) is 3.48. The maximum Gasteiger partial charge on any atom is 0.127 e. The number of benzene rings is 1. The Morgan fingerprint density at radius 2 is 2.09 bits per heavy atom. The van der Waals surface area contributed by atoms with Crippen LogP contribution in [-0.4, -0.2) is 47.7 Å². The number of hydrogen-bond acceptors (Lipinski definition) is 4. The van der Waals surface area contributed by atoms with E-state index < -0.39 is 0 Å². The molecule has 1 saturated heterocycles. The van der Waals surface area contributed by atoms with Crippen molar-refractivity contribution in [2.24, 2.45) is 7.05 Å². The second kappa shape index (κ2) is 8.34. The molecule has 1 aliphatic heterocycles. The highest BCUT2D eigenvalue weighted by molar-refractivity contribution is 5.85. The highest BCUT2D eigenvalue weighted by Crippen LogP contribution is 2.21. The van der Waals surface area contributed by atoms with E-state index in [0.29, 0.717) is 6.04 Å². The van der Waals surface area contributed by atoms with Crippen molar-refractivity contribution in [3.8, 4) is 5.75 Å². The zero-order valence-corrected chi connectivity index (χ0v) is 14.6. The molecule has 1 unspecified atom stereocenters. The largest absolute Gasteiger partial charge is 0.497 e. The fourth-order valence-corrected chi connectivity index (χ4v) is 3.03. The molecule has 2 heterocycles. The van der Waals surface area contributed by atoms with Crippen LogP contribution in [0.25, 0.3) is 0 Å². The third-order valence-corrected chi connectivity index (χ3v) is 4.36. The second-order valence-electron chi connectivity index (χ2n) is 5.75. The zero-order valence-electron chi connectivity index (χ0n) is 13.7. The topological polar surface area (TPSA) is 42.3 Å². The maximum absolute atomic E-state index is 5.21. The molecule has 0 spiro atoms. The van der Waals surface area contributed by atoms with Crippen LogP contribution in [0.2, 0.25) is 0 Å². The Hall–Kier alpha value is -1.56. The van der Waals surface area contributed by atoms with Crippen LogP contribution in [0.3, 0.4) is 0 Å². The predicted molar refractivity (Wildman–Crippen MR) is 94.3 cm³/mol. The Labute approximate surface area is 144 Å². The maximum atomic E-state index is 5.21. The number of rotatable bonds is 5. The molecule has 1 aromatic heterocycles. The van der Waals surface area contributed by atoms with E-state index in [9.17, 15) is 0 Å². The van der Waals surface area contributed by atoms with Crippen LogP contribution in [0, 0.1) is 0 Å². The van der Waals surface area contributed by atoms with Crippen LogP contribution >= 0.6 is 12.4 Å². The first-order valence-electron chi connectivity index (χ1n) is 7.83. The molecule has 0 amide bonds. The number of halogens is 1. The van der Waals surface area contributed by atoms with Crippen LogP contribution in [0.15, 0.2) is 36.7 Å². The summed E-state index contributed by atoms with van der Waals surface area (Å²) >= 11 is 0. The van der Waals surface area contributed by atoms with E-state index in [-0.39, 0.29) is 12.4 Å². The minimum Gasteiger partial charge on any atom is -0.497 e. The third kappa shape index (κ3) is 4.25. The number of aromatic nitrogens is 2. The van der Waals surface area contributed by atoms with Gasteiger partial charge in [0.1, 0.15) is 11.6 Å². The number of aryl methyl sites for hydroxylation is 1. The van der Waals surface area contributed by atoms with Crippen molar-refractivity contribution in [2.45, 2.75) is 12.5 Å². The van der Waals surface area contributed by atoms with Crippen molar-refractivity contribution in [2.75, 3.05) is 33.3 Å². The van der Waals surface area contributed by atoms with E-state index >= 15 is 0 Å². The molecule has 6 heteroatoms. The molecule has 23 heavy (non-hydrogen) atoms. The Bertz CT molecular complexity index is 599. The molecule has 126 valence electrons. The third-order valence-electron chi connectivity index (χ3n) is 4.36. The van der Waals surface area contributed by atoms with Crippen molar-refractivity contribution in [3.05, 3.63) is 48.0 Å². The van der Waals surface area contributed by atoms with Crippen molar-refractivity contribution >= 4 is 12.4 Å². The molecule has 0 radical (unpaired) electrons. The predicted octanol–water partition coefficient (Wildman–Crippen LogP) is 2.04. The van der Waals surface area contributed by atoms with Crippen LogP contribution in [-0.2, 0) is 13.5 Å². The zero-order chi connectivity index (χ0) is 15.4. The van der Waals surface area contributed by atoms with Crippen molar-refractivity contribution in [1.82, 2.24) is 19.8 Å². The summed E-state index contributed by atoms with van der Waals surface area (Å²) in [4.78, 5) is 7.06. The molecular weight excluding hydrogens is 312 g/mol. The fraction of sp³-hybridized carbons (Fsp3) is 0.471. The molecule has 2 aromatic rings. The molecular formula is C17H25ClN4O. The number of hydrogen-bond donors (Lipinski definition) is 1. The van der Waals surface area contributed by atoms with E-state index in [0.717, 1.165) is 44.2 Å². The summed E-state index contributed by atoms with van der Waals surface area (Å²) in [6, 6.07) is 8.72. The number of piperazine rings is 1. The Morgan fingerprint density at radius 3 is 2.74 bits per heavy atom. The number of methoxy groups -OCH3 is 1. The molecule has 1 aromatic carbocycles. The Morgan fingerprint density at radius 1 is 1.30 bits per heavy atom. The van der Waals surface area contributed by atoms with Gasteiger partial charge in [-0.1, -0.05) is 12.1 Å². The average Bonchev–Trinajstić information content (AvgIpc) is 2.99. The smallest absolute Gasteiger partial charge is 0.127 e. The standard InChI is InChI=1S/C17H24N4O.ClH/c1-20-11-9-19-17(20)16-13-18-8-12-21(16)10-7-14-3-5-15(22-2)6-4-14;/h3-6,9,11,16,18H,7-8,10,12-13H2,1-2H3;1H. The highest BCUT2D eigenvalue weighted by atomic mass is 35.5. The lowest BCUT2D eigenvalue weighted by Gasteiger charge is -2.35. The van der Waals surface area contributed by atoms with Gasteiger partial charge in [0.2, 0.25) is 0 Å². The summed E-state index contributed by atoms with van der Waals surface area (Å²) < 4.78 is 7.34. The summed E-state index contributed by atoms with van der Waals surface area (Å²) in [5.74, 6) is 2.05. The minimum atomic E-state index is 0. The first-order chi connectivity index (χ1) is 10.8. The first-order valence-corrected chi connectivity index (χ1v) is 7.83. The van der Waals surface area contributed by atoms with E-state index in [4.69, 9.17) is 4.74 Å². The van der Waals surface area contributed by atoms with Gasteiger partial charge in [-0.25, -0.2) is 4.98 Å². The van der Waals surface area contributed by atoms with Gasteiger partial charge in [0, 0.05) is 45.6 Å². The molecule has 5 nitrogen and oxygen atoms in total. The van der Waals surface area contributed by atoms with Crippen LogP contribution < -0.4 is 10.1 Å². The molecule has 0 saturated carbocycles. The number of nitrogens with zero attached hydrogens (tertiary/aromatic N) is 3. The van der Waals surface area contributed by atoms with E-state index in [2.05, 4.69) is 38.9 Å². The van der Waals surface area contributed by atoms with Gasteiger partial charge in [0.15, 0.2) is 0 Å². The van der Waals surface area contributed by atoms with Gasteiger partial charge in [-0.05, 0) is 24.1 Å². The quantitative estimate of drug-likeness (QED) is 0.907. The van der Waals surface area contributed by atoms with Gasteiger partial charge in [0.25, 0.3) is 0 Å². The summed E-state index contributed by atoms with van der Waals surface area (Å²) in [5.41, 5.74) is 1.35. The SMILES string of the molecule is COc1ccc(CCN2CCNCC2c2nccn2C)cc1.Cl. The van der Waals surface area contributed by atoms with Crippen molar-refractivity contribution < 1.29 is 4.74 Å². The van der Waals surface area contributed by atoms with Crippen molar-refractivity contribution in [1.29, 1.82) is 0 Å². The minimum absolute atomic E-state index is 0. The molecule has 3 rings (SSSR count). The first kappa shape index (κ1) is 17.8. The Balaban J connectivity index is 0.00000192. The Kier molecular flexibility index (Phi) is 6.45. The normalized spacial score (nSPS) is 18.4. The lowest BCUT2D eigenvalue weighted by atomic mass is 10.1. The van der Waals surface area contributed by atoms with Crippen molar-refractivity contribution in [3.63, 3.8) is 0 Å². The molecule has 1 N–H and O–H groups in total.